The van der Waals surface area contributed by atoms with Crippen LogP contribution in [0.25, 0.3) is 10.9 Å². The number of H-pyrrole nitrogens is 1. The molecule has 0 spiro atoms. The molecule has 0 saturated carbocycles. The Morgan fingerprint density at radius 2 is 2.00 bits per heavy atom. The molecule has 0 fully saturated rings. The molecule has 2 aromatic carbocycles. The van der Waals surface area contributed by atoms with Gasteiger partial charge in [-0.05, 0) is 42.3 Å². The van der Waals surface area contributed by atoms with E-state index in [4.69, 9.17) is 11.6 Å². The Labute approximate surface area is 142 Å². The number of benzene rings is 2. The minimum Gasteiger partial charge on any atom is -0.360 e. The molecule has 2 N–H and O–H groups in total. The number of nitrogens with one attached hydrogen (secondary N) is 2. The zero-order valence-corrected chi connectivity index (χ0v) is 13.4. The molecular weight excluding hydrogens is 331 g/mol. The first-order valence-corrected chi connectivity index (χ1v) is 7.76. The number of fused-ring (bicyclic) bond motifs is 1. The molecule has 0 saturated heterocycles. The topological polar surface area (TPSA) is 62.0 Å². The molecule has 0 aliphatic carbocycles. The van der Waals surface area contributed by atoms with Crippen LogP contribution >= 0.6 is 11.6 Å². The minimum absolute atomic E-state index is 0.227. The Hall–Kier alpha value is -2.66. The normalized spacial score (nSPS) is 10.8. The highest BCUT2D eigenvalue weighted by atomic mass is 35.5. The molecule has 0 aliphatic heterocycles. The van der Waals surface area contributed by atoms with E-state index in [0.717, 1.165) is 5.56 Å². The van der Waals surface area contributed by atoms with Crippen molar-refractivity contribution < 1.29 is 14.0 Å². The second-order valence-electron chi connectivity index (χ2n) is 5.36. The number of aromatic amines is 1. The minimum atomic E-state index is -0.692. The number of hydrogen-bond acceptors (Lipinski definition) is 2. The van der Waals surface area contributed by atoms with Gasteiger partial charge in [-0.3, -0.25) is 9.59 Å². The van der Waals surface area contributed by atoms with Crippen molar-refractivity contribution in [3.8, 4) is 0 Å². The number of ketones is 1. The monoisotopic (exact) mass is 344 g/mol. The van der Waals surface area contributed by atoms with Crippen LogP contribution < -0.4 is 5.32 Å². The summed E-state index contributed by atoms with van der Waals surface area (Å²) < 4.78 is 13.2. The Balaban J connectivity index is 1.65. The second-order valence-corrected chi connectivity index (χ2v) is 5.79. The van der Waals surface area contributed by atoms with Crippen LogP contribution in [0.3, 0.4) is 0 Å². The fraction of sp³-hybridized carbons (Fsp3) is 0.111. The van der Waals surface area contributed by atoms with E-state index in [2.05, 4.69) is 10.3 Å². The van der Waals surface area contributed by atoms with E-state index in [1.807, 2.05) is 18.2 Å². The van der Waals surface area contributed by atoms with Crippen LogP contribution in [-0.2, 0) is 11.2 Å². The van der Waals surface area contributed by atoms with Gasteiger partial charge in [0.25, 0.3) is 11.7 Å². The van der Waals surface area contributed by atoms with Crippen molar-refractivity contribution in [2.75, 3.05) is 6.54 Å². The Bertz CT molecular complexity index is 920. The van der Waals surface area contributed by atoms with Gasteiger partial charge in [0.05, 0.1) is 5.56 Å². The quantitative estimate of drug-likeness (QED) is 0.549. The molecule has 122 valence electrons. The summed E-state index contributed by atoms with van der Waals surface area (Å²) >= 11 is 5.90. The van der Waals surface area contributed by atoms with Gasteiger partial charge < -0.3 is 10.3 Å². The molecule has 1 heterocycles. The number of rotatable bonds is 5. The third-order valence-electron chi connectivity index (χ3n) is 3.68. The van der Waals surface area contributed by atoms with Crippen LogP contribution in [0, 0.1) is 5.82 Å². The molecule has 0 bridgehead atoms. The van der Waals surface area contributed by atoms with Gasteiger partial charge in [-0.1, -0.05) is 23.7 Å². The number of Topliss-reactive ketones (excluding diaryl/α,β-unsaturated/α-hetero) is 1. The molecule has 6 heteroatoms. The summed E-state index contributed by atoms with van der Waals surface area (Å²) in [6.07, 6.45) is 1.99. The molecule has 24 heavy (non-hydrogen) atoms. The van der Waals surface area contributed by atoms with Crippen molar-refractivity contribution in [3.63, 3.8) is 0 Å². The first-order chi connectivity index (χ1) is 11.5. The maximum atomic E-state index is 13.2. The largest absolute Gasteiger partial charge is 0.360 e. The first kappa shape index (κ1) is 16.2. The van der Waals surface area contributed by atoms with Crippen molar-refractivity contribution in [2.45, 2.75) is 6.42 Å². The van der Waals surface area contributed by atoms with E-state index < -0.39 is 17.5 Å². The highest BCUT2D eigenvalue weighted by Crippen LogP contribution is 2.19. The predicted molar refractivity (Wildman–Crippen MR) is 90.8 cm³/mol. The summed E-state index contributed by atoms with van der Waals surface area (Å²) in [5.41, 5.74) is 1.67. The molecule has 4 nitrogen and oxygen atoms in total. The van der Waals surface area contributed by atoms with Gasteiger partial charge in [0.2, 0.25) is 0 Å². The van der Waals surface area contributed by atoms with Crippen LogP contribution in [0.1, 0.15) is 15.9 Å². The number of hydrogen-bond donors (Lipinski definition) is 2. The van der Waals surface area contributed by atoms with E-state index in [9.17, 15) is 14.0 Å². The van der Waals surface area contributed by atoms with Gasteiger partial charge in [0.1, 0.15) is 5.82 Å². The van der Waals surface area contributed by atoms with E-state index >= 15 is 0 Å². The Kier molecular flexibility index (Phi) is 4.62. The van der Waals surface area contributed by atoms with Gasteiger partial charge >= 0.3 is 0 Å². The zero-order valence-electron chi connectivity index (χ0n) is 12.6. The van der Waals surface area contributed by atoms with Crippen molar-refractivity contribution >= 4 is 34.2 Å². The smallest absolute Gasteiger partial charge is 0.292 e. The fourth-order valence-electron chi connectivity index (χ4n) is 2.50. The van der Waals surface area contributed by atoms with Crippen LogP contribution in [0.5, 0.6) is 0 Å². The second kappa shape index (κ2) is 6.84. The van der Waals surface area contributed by atoms with Crippen LogP contribution in [0.4, 0.5) is 4.39 Å². The molecule has 3 aromatic rings. The summed E-state index contributed by atoms with van der Waals surface area (Å²) in [5, 5.41) is 3.74. The number of aromatic nitrogens is 1. The lowest BCUT2D eigenvalue weighted by molar-refractivity contribution is -0.116. The lowest BCUT2D eigenvalue weighted by atomic mass is 10.1. The molecule has 0 radical (unpaired) electrons. The summed E-state index contributed by atoms with van der Waals surface area (Å²) in [5.74, 6) is -1.75. The van der Waals surface area contributed by atoms with Crippen molar-refractivity contribution in [1.29, 1.82) is 0 Å². The van der Waals surface area contributed by atoms with E-state index in [1.54, 1.807) is 6.07 Å². The average Bonchev–Trinajstić information content (AvgIpc) is 2.97. The summed E-state index contributed by atoms with van der Waals surface area (Å²) in [7, 11) is 0. The van der Waals surface area contributed by atoms with Gasteiger partial charge in [-0.2, -0.15) is 0 Å². The number of carbonyl (C=O) groups excluding carboxylic acids is 2. The van der Waals surface area contributed by atoms with Gasteiger partial charge in [0.15, 0.2) is 0 Å². The number of carbonyl (C=O) groups is 2. The molecule has 0 atom stereocenters. The van der Waals surface area contributed by atoms with Gasteiger partial charge in [0, 0.05) is 28.7 Å². The van der Waals surface area contributed by atoms with Gasteiger partial charge in [-0.25, -0.2) is 4.39 Å². The fourth-order valence-corrected chi connectivity index (χ4v) is 2.71. The predicted octanol–water partition coefficient (Wildman–Crippen LogP) is 3.50. The van der Waals surface area contributed by atoms with E-state index in [0.29, 0.717) is 28.9 Å². The van der Waals surface area contributed by atoms with Crippen molar-refractivity contribution in [3.05, 3.63) is 70.6 Å². The highest BCUT2D eigenvalue weighted by molar-refractivity contribution is 6.44. The van der Waals surface area contributed by atoms with Gasteiger partial charge in [-0.15, -0.1) is 0 Å². The third-order valence-corrected chi connectivity index (χ3v) is 3.92. The molecule has 3 rings (SSSR count). The Morgan fingerprint density at radius 3 is 2.79 bits per heavy atom. The third kappa shape index (κ3) is 3.46. The van der Waals surface area contributed by atoms with Crippen LogP contribution in [0.2, 0.25) is 5.02 Å². The van der Waals surface area contributed by atoms with E-state index in [1.165, 1.54) is 24.4 Å². The highest BCUT2D eigenvalue weighted by Gasteiger charge is 2.19. The lowest BCUT2D eigenvalue weighted by Crippen LogP contribution is -2.32. The summed E-state index contributed by atoms with van der Waals surface area (Å²) in [6.45, 7) is 0.321. The molecule has 0 aliphatic rings. The van der Waals surface area contributed by atoms with E-state index in [-0.39, 0.29) is 5.56 Å². The van der Waals surface area contributed by atoms with Crippen LogP contribution in [-0.4, -0.2) is 23.2 Å². The number of halogens is 2. The maximum Gasteiger partial charge on any atom is 0.292 e. The molecule has 1 aromatic heterocycles. The molecule has 1 amide bonds. The molecular formula is C18H14ClFN2O2. The lowest BCUT2D eigenvalue weighted by Gasteiger charge is -2.05. The summed E-state index contributed by atoms with van der Waals surface area (Å²) in [4.78, 5) is 27.1. The molecule has 0 unspecified atom stereocenters. The van der Waals surface area contributed by atoms with Crippen molar-refractivity contribution in [1.82, 2.24) is 10.3 Å². The summed E-state index contributed by atoms with van der Waals surface area (Å²) in [6, 6.07) is 11.3. The van der Waals surface area contributed by atoms with Crippen LogP contribution in [0.15, 0.2) is 48.7 Å². The Morgan fingerprint density at radius 1 is 1.17 bits per heavy atom. The average molecular weight is 345 g/mol. The maximum absolute atomic E-state index is 13.2. The zero-order chi connectivity index (χ0) is 17.1. The first-order valence-electron chi connectivity index (χ1n) is 7.38. The SMILES string of the molecule is O=C(NCCc1cccc(Cl)c1)C(=O)c1c[nH]c2cc(F)ccc12. The van der Waals surface area contributed by atoms with Crippen molar-refractivity contribution in [2.24, 2.45) is 0 Å². The number of amides is 1. The standard InChI is InChI=1S/C18H14ClFN2O2/c19-12-3-1-2-11(8-12)6-7-21-18(24)17(23)15-10-22-16-9-13(20)4-5-14(15)16/h1-5,8-10,22H,6-7H2,(H,21,24).